The van der Waals surface area contributed by atoms with Crippen LogP contribution >= 0.6 is 11.3 Å². The van der Waals surface area contributed by atoms with Crippen molar-refractivity contribution >= 4 is 34.0 Å². The highest BCUT2D eigenvalue weighted by Crippen LogP contribution is 2.22. The summed E-state index contributed by atoms with van der Waals surface area (Å²) in [6.07, 6.45) is 5.02. The van der Waals surface area contributed by atoms with E-state index >= 15 is 0 Å². The molecule has 0 atom stereocenters. The van der Waals surface area contributed by atoms with Crippen LogP contribution in [0.4, 0.5) is 10.5 Å². The highest BCUT2D eigenvalue weighted by Gasteiger charge is 2.10. The maximum absolute atomic E-state index is 12.2. The molecule has 3 aromatic heterocycles. The molecule has 0 unspecified atom stereocenters. The van der Waals surface area contributed by atoms with Crippen LogP contribution in [0.15, 0.2) is 65.7 Å². The second-order valence-electron chi connectivity index (χ2n) is 5.58. The van der Waals surface area contributed by atoms with Crippen molar-refractivity contribution in [2.45, 2.75) is 6.54 Å². The van der Waals surface area contributed by atoms with Gasteiger partial charge in [0.2, 0.25) is 0 Å². The number of rotatable bonds is 4. The Morgan fingerprint density at radius 1 is 1.04 bits per heavy atom. The number of benzene rings is 1. The van der Waals surface area contributed by atoms with Crippen LogP contribution in [0.3, 0.4) is 0 Å². The van der Waals surface area contributed by atoms with Crippen LogP contribution in [0.25, 0.3) is 22.2 Å². The number of urea groups is 1. The van der Waals surface area contributed by atoms with E-state index in [2.05, 4.69) is 25.6 Å². The molecule has 2 amide bonds. The van der Waals surface area contributed by atoms with Gasteiger partial charge >= 0.3 is 6.03 Å². The second kappa shape index (κ2) is 7.28. The predicted octanol–water partition coefficient (Wildman–Crippen LogP) is 4.08. The van der Waals surface area contributed by atoms with Gasteiger partial charge < -0.3 is 10.6 Å². The highest BCUT2D eigenvalue weighted by atomic mass is 32.1. The smallest absolute Gasteiger partial charge is 0.319 e. The minimum absolute atomic E-state index is 0.292. The van der Waals surface area contributed by atoms with Gasteiger partial charge in [0.1, 0.15) is 0 Å². The fraction of sp³-hybridized carbons (Fsp3) is 0.0526. The fourth-order valence-electron chi connectivity index (χ4n) is 2.63. The average Bonchev–Trinajstić information content (AvgIpc) is 3.21. The number of anilines is 1. The number of nitrogens with zero attached hydrogens (tertiary/aromatic N) is 3. The Hall–Kier alpha value is -3.32. The molecule has 4 aromatic rings. The van der Waals surface area contributed by atoms with Crippen molar-refractivity contribution in [2.24, 2.45) is 0 Å². The highest BCUT2D eigenvalue weighted by molar-refractivity contribution is 7.08. The van der Waals surface area contributed by atoms with Crippen molar-refractivity contribution in [1.29, 1.82) is 0 Å². The van der Waals surface area contributed by atoms with E-state index in [0.717, 1.165) is 27.9 Å². The summed E-state index contributed by atoms with van der Waals surface area (Å²) < 4.78 is 0. The number of carbonyl (C=O) groups excluding carboxylic acids is 1. The molecule has 1 aromatic carbocycles. The number of thiophene rings is 1. The summed E-state index contributed by atoms with van der Waals surface area (Å²) in [5.41, 5.74) is 4.11. The topological polar surface area (TPSA) is 79.8 Å². The van der Waals surface area contributed by atoms with Crippen molar-refractivity contribution in [3.05, 3.63) is 71.4 Å². The molecule has 0 spiro atoms. The Morgan fingerprint density at radius 2 is 1.96 bits per heavy atom. The Balaban J connectivity index is 1.44. The lowest BCUT2D eigenvalue weighted by Crippen LogP contribution is -2.28. The van der Waals surface area contributed by atoms with Crippen LogP contribution in [-0.2, 0) is 6.54 Å². The van der Waals surface area contributed by atoms with Gasteiger partial charge in [0.25, 0.3) is 0 Å². The Bertz CT molecular complexity index is 1050. The number of hydrogen-bond donors (Lipinski definition) is 2. The standard InChI is InChI=1S/C19H15N5OS/c25-19(24-15-3-4-16-13(10-15)2-1-6-20-16)23-11-17-18(22-8-7-21-17)14-5-9-26-12-14/h1-10,12H,11H2,(H2,23,24,25). The summed E-state index contributed by atoms with van der Waals surface area (Å²) in [6.45, 7) is 0.292. The van der Waals surface area contributed by atoms with E-state index in [1.165, 1.54) is 0 Å². The van der Waals surface area contributed by atoms with E-state index in [0.29, 0.717) is 12.2 Å². The maximum atomic E-state index is 12.2. The van der Waals surface area contributed by atoms with Crippen LogP contribution in [0.5, 0.6) is 0 Å². The molecule has 0 radical (unpaired) electrons. The number of nitrogens with one attached hydrogen (secondary N) is 2. The third-order valence-corrected chi connectivity index (χ3v) is 4.53. The van der Waals surface area contributed by atoms with Crippen molar-refractivity contribution < 1.29 is 4.79 Å². The zero-order chi connectivity index (χ0) is 17.8. The molecule has 0 bridgehead atoms. The molecule has 7 heteroatoms. The van der Waals surface area contributed by atoms with Crippen LogP contribution in [-0.4, -0.2) is 21.0 Å². The first-order chi connectivity index (χ1) is 12.8. The van der Waals surface area contributed by atoms with Crippen LogP contribution < -0.4 is 10.6 Å². The Kier molecular flexibility index (Phi) is 4.53. The molecule has 26 heavy (non-hydrogen) atoms. The van der Waals surface area contributed by atoms with Gasteiger partial charge in [-0.1, -0.05) is 6.07 Å². The summed E-state index contributed by atoms with van der Waals surface area (Å²) in [5, 5.41) is 10.6. The number of hydrogen-bond acceptors (Lipinski definition) is 5. The van der Waals surface area contributed by atoms with E-state index in [1.807, 2.05) is 47.2 Å². The van der Waals surface area contributed by atoms with Crippen molar-refractivity contribution in [3.8, 4) is 11.3 Å². The monoisotopic (exact) mass is 361 g/mol. The van der Waals surface area contributed by atoms with Gasteiger partial charge in [-0.15, -0.1) is 0 Å². The normalized spacial score (nSPS) is 10.6. The average molecular weight is 361 g/mol. The van der Waals surface area contributed by atoms with Crippen molar-refractivity contribution in [1.82, 2.24) is 20.3 Å². The van der Waals surface area contributed by atoms with E-state index in [4.69, 9.17) is 0 Å². The summed E-state index contributed by atoms with van der Waals surface area (Å²) in [5.74, 6) is 0. The molecule has 0 aliphatic heterocycles. The molecule has 0 aliphatic rings. The SMILES string of the molecule is O=C(NCc1nccnc1-c1ccsc1)Nc1ccc2ncccc2c1. The van der Waals surface area contributed by atoms with Gasteiger partial charge in [-0.05, 0) is 35.7 Å². The Morgan fingerprint density at radius 3 is 2.85 bits per heavy atom. The molecule has 6 nitrogen and oxygen atoms in total. The third kappa shape index (κ3) is 3.52. The molecule has 0 aliphatic carbocycles. The zero-order valence-electron chi connectivity index (χ0n) is 13.7. The number of aromatic nitrogens is 3. The molecular formula is C19H15N5OS. The van der Waals surface area contributed by atoms with Crippen LogP contribution in [0, 0.1) is 0 Å². The minimum atomic E-state index is -0.296. The van der Waals surface area contributed by atoms with Gasteiger partial charge in [0.05, 0.1) is 23.4 Å². The minimum Gasteiger partial charge on any atom is -0.332 e. The molecule has 4 rings (SSSR count). The van der Waals surface area contributed by atoms with Gasteiger partial charge in [0, 0.05) is 40.6 Å². The second-order valence-corrected chi connectivity index (χ2v) is 6.36. The van der Waals surface area contributed by atoms with E-state index < -0.39 is 0 Å². The van der Waals surface area contributed by atoms with Crippen molar-refractivity contribution in [2.75, 3.05) is 5.32 Å². The Labute approximate surface area is 154 Å². The molecule has 128 valence electrons. The van der Waals surface area contributed by atoms with Gasteiger partial charge in [-0.2, -0.15) is 11.3 Å². The first kappa shape index (κ1) is 16.2. The molecule has 0 saturated heterocycles. The first-order valence-electron chi connectivity index (χ1n) is 8.02. The van der Waals surface area contributed by atoms with Gasteiger partial charge in [-0.25, -0.2) is 4.79 Å². The maximum Gasteiger partial charge on any atom is 0.319 e. The molecule has 0 fully saturated rings. The van der Waals surface area contributed by atoms with Crippen molar-refractivity contribution in [3.63, 3.8) is 0 Å². The summed E-state index contributed by atoms with van der Waals surface area (Å²) in [7, 11) is 0. The molecule has 2 N–H and O–H groups in total. The number of carbonyl (C=O) groups is 1. The molecular weight excluding hydrogens is 346 g/mol. The largest absolute Gasteiger partial charge is 0.332 e. The van der Waals surface area contributed by atoms with Crippen LogP contribution in [0.2, 0.25) is 0 Å². The number of pyridine rings is 1. The zero-order valence-corrected chi connectivity index (χ0v) is 14.5. The summed E-state index contributed by atoms with van der Waals surface area (Å²) in [4.78, 5) is 25.2. The fourth-order valence-corrected chi connectivity index (χ4v) is 3.27. The molecule has 0 saturated carbocycles. The lowest BCUT2D eigenvalue weighted by molar-refractivity contribution is 0.251. The van der Waals surface area contributed by atoms with Crippen LogP contribution in [0.1, 0.15) is 5.69 Å². The third-order valence-electron chi connectivity index (χ3n) is 3.85. The first-order valence-corrected chi connectivity index (χ1v) is 8.96. The molecule has 3 heterocycles. The number of fused-ring (bicyclic) bond motifs is 1. The van der Waals surface area contributed by atoms with E-state index in [-0.39, 0.29) is 6.03 Å². The van der Waals surface area contributed by atoms with Gasteiger partial charge in [0.15, 0.2) is 0 Å². The number of amides is 2. The lowest BCUT2D eigenvalue weighted by atomic mass is 10.2. The van der Waals surface area contributed by atoms with E-state index in [1.54, 1.807) is 29.9 Å². The lowest BCUT2D eigenvalue weighted by Gasteiger charge is -2.10. The van der Waals surface area contributed by atoms with Gasteiger partial charge in [-0.3, -0.25) is 15.0 Å². The quantitative estimate of drug-likeness (QED) is 0.574. The van der Waals surface area contributed by atoms with E-state index in [9.17, 15) is 4.79 Å². The summed E-state index contributed by atoms with van der Waals surface area (Å²) in [6, 6.07) is 11.1. The predicted molar refractivity (Wildman–Crippen MR) is 103 cm³/mol. The summed E-state index contributed by atoms with van der Waals surface area (Å²) >= 11 is 1.60.